The highest BCUT2D eigenvalue weighted by molar-refractivity contribution is 4.65. The molecule has 0 spiro atoms. The number of hydrogen-bond acceptors (Lipinski definition) is 3. The molecule has 0 saturated carbocycles. The first kappa shape index (κ1) is 6.95. The molecule has 0 aromatic heterocycles. The quantitative estimate of drug-likeness (QED) is 0.401. The number of aliphatic hydroxyl groups excluding tert-OH is 1. The molecule has 0 bridgehead atoms. The summed E-state index contributed by atoms with van der Waals surface area (Å²) in [5, 5.41) is 27.4. The highest BCUT2D eigenvalue weighted by Crippen LogP contribution is 2.23. The van der Waals surface area contributed by atoms with Gasteiger partial charge in [-0.3, -0.25) is 0 Å². The maximum atomic E-state index is 10.5. The van der Waals surface area contributed by atoms with E-state index < -0.39 is 4.81 Å². The Labute approximate surface area is 53.5 Å². The molecule has 4 nitrogen and oxygen atoms in total. The second-order valence-electron chi connectivity index (χ2n) is 2.59. The van der Waals surface area contributed by atoms with Crippen LogP contribution in [-0.2, 0) is 0 Å². The van der Waals surface area contributed by atoms with Gasteiger partial charge in [0.2, 0.25) is 0 Å². The van der Waals surface area contributed by atoms with E-state index in [1.807, 2.05) is 0 Å². The second kappa shape index (κ2) is 2.22. The molecule has 0 amide bonds. The Kier molecular flexibility index (Phi) is 1.72. The van der Waals surface area contributed by atoms with E-state index in [-0.39, 0.29) is 25.6 Å². The van der Waals surface area contributed by atoms with Crippen LogP contribution >= 0.6 is 0 Å². The van der Waals surface area contributed by atoms with E-state index in [1.165, 1.54) is 0 Å². The Hall–Kier alpha value is -0.160. The summed E-state index contributed by atoms with van der Waals surface area (Å²) in [4.78, 5) is -1.11. The van der Waals surface area contributed by atoms with Gasteiger partial charge in [-0.1, -0.05) is 0 Å². The minimum atomic E-state index is -1.11. The van der Waals surface area contributed by atoms with Crippen LogP contribution in [0.1, 0.15) is 6.42 Å². The van der Waals surface area contributed by atoms with Crippen LogP contribution in [0.3, 0.4) is 0 Å². The first-order valence-electron chi connectivity index (χ1n) is 3.06. The van der Waals surface area contributed by atoms with Crippen LogP contribution in [0.5, 0.6) is 0 Å². The SMILES string of the molecule is [O-][N+]1(O)CC(CCO)C1. The molecule has 1 aliphatic rings. The highest BCUT2D eigenvalue weighted by Gasteiger charge is 2.35. The monoisotopic (exact) mass is 133 g/mol. The standard InChI is InChI=1S/C5H11NO3/c7-2-1-5-3-6(8,9)4-5/h5,7-8H,1-4H2. The molecule has 0 aliphatic carbocycles. The molecule has 0 radical (unpaired) electrons. The first-order valence-corrected chi connectivity index (χ1v) is 3.06. The summed E-state index contributed by atoms with van der Waals surface area (Å²) in [6, 6.07) is 0. The summed E-state index contributed by atoms with van der Waals surface area (Å²) < 4.78 is 0. The van der Waals surface area contributed by atoms with Gasteiger partial charge in [0.15, 0.2) is 0 Å². The van der Waals surface area contributed by atoms with E-state index in [4.69, 9.17) is 10.3 Å². The zero-order valence-corrected chi connectivity index (χ0v) is 5.16. The van der Waals surface area contributed by atoms with Gasteiger partial charge in [0, 0.05) is 6.61 Å². The number of hydroxylamine groups is 4. The molecule has 54 valence electrons. The molecule has 1 rings (SSSR count). The van der Waals surface area contributed by atoms with Crippen LogP contribution in [-0.4, -0.2) is 34.8 Å². The number of hydrogen-bond donors (Lipinski definition) is 2. The molecule has 0 atom stereocenters. The van der Waals surface area contributed by atoms with E-state index in [0.717, 1.165) is 0 Å². The van der Waals surface area contributed by atoms with Gasteiger partial charge in [-0.2, -0.15) is 0 Å². The normalized spacial score (nSPS) is 42.3. The van der Waals surface area contributed by atoms with Gasteiger partial charge in [0.05, 0.1) is 5.92 Å². The minimum absolute atomic E-state index is 0.116. The number of rotatable bonds is 2. The Balaban J connectivity index is 2.12. The van der Waals surface area contributed by atoms with Crippen molar-refractivity contribution < 1.29 is 15.1 Å². The third-order valence-electron chi connectivity index (χ3n) is 1.62. The maximum absolute atomic E-state index is 10.5. The lowest BCUT2D eigenvalue weighted by Gasteiger charge is -2.46. The van der Waals surface area contributed by atoms with Crippen LogP contribution in [0.25, 0.3) is 0 Å². The van der Waals surface area contributed by atoms with Crippen molar-refractivity contribution in [3.8, 4) is 0 Å². The fourth-order valence-electron chi connectivity index (χ4n) is 1.12. The fraction of sp³-hybridized carbons (Fsp3) is 1.00. The van der Waals surface area contributed by atoms with Crippen molar-refractivity contribution in [2.75, 3.05) is 19.7 Å². The molecule has 1 heterocycles. The van der Waals surface area contributed by atoms with Gasteiger partial charge in [0.25, 0.3) is 0 Å². The van der Waals surface area contributed by atoms with Gasteiger partial charge in [-0.25, -0.2) is 10.0 Å². The van der Waals surface area contributed by atoms with Crippen LogP contribution in [0.15, 0.2) is 0 Å². The van der Waals surface area contributed by atoms with Gasteiger partial charge < -0.3 is 10.3 Å². The van der Waals surface area contributed by atoms with Gasteiger partial charge in [-0.05, 0) is 6.42 Å². The molecule has 0 aromatic rings. The van der Waals surface area contributed by atoms with E-state index in [0.29, 0.717) is 6.42 Å². The summed E-state index contributed by atoms with van der Waals surface area (Å²) in [5.74, 6) is 0.234. The lowest BCUT2D eigenvalue weighted by molar-refractivity contribution is -1.10. The topological polar surface area (TPSA) is 63.5 Å². The Bertz CT molecular complexity index is 96.4. The molecule has 0 unspecified atom stereocenters. The third-order valence-corrected chi connectivity index (χ3v) is 1.62. The van der Waals surface area contributed by atoms with Crippen molar-refractivity contribution in [3.63, 3.8) is 0 Å². The maximum Gasteiger partial charge on any atom is 0.117 e. The lowest BCUT2D eigenvalue weighted by Crippen LogP contribution is -2.57. The van der Waals surface area contributed by atoms with Crippen LogP contribution < -0.4 is 0 Å². The summed E-state index contributed by atoms with van der Waals surface area (Å²) in [6.45, 7) is 0.617. The van der Waals surface area contributed by atoms with Gasteiger partial charge in [0.1, 0.15) is 13.1 Å². The summed E-state index contributed by atoms with van der Waals surface area (Å²) >= 11 is 0. The molecular formula is C5H11NO3. The molecule has 1 saturated heterocycles. The molecule has 4 heteroatoms. The van der Waals surface area contributed by atoms with Crippen molar-refractivity contribution in [2.45, 2.75) is 6.42 Å². The molecular weight excluding hydrogens is 122 g/mol. The van der Waals surface area contributed by atoms with E-state index in [1.54, 1.807) is 0 Å². The van der Waals surface area contributed by atoms with Crippen molar-refractivity contribution in [1.82, 2.24) is 0 Å². The van der Waals surface area contributed by atoms with Crippen molar-refractivity contribution in [3.05, 3.63) is 5.21 Å². The number of aliphatic hydroxyl groups is 1. The average molecular weight is 133 g/mol. The minimum Gasteiger partial charge on any atom is -0.598 e. The van der Waals surface area contributed by atoms with Gasteiger partial charge in [-0.15, -0.1) is 0 Å². The molecule has 1 aliphatic heterocycles. The predicted molar refractivity (Wildman–Crippen MR) is 30.3 cm³/mol. The van der Waals surface area contributed by atoms with Crippen molar-refractivity contribution >= 4 is 0 Å². The van der Waals surface area contributed by atoms with Crippen LogP contribution in [0.4, 0.5) is 0 Å². The van der Waals surface area contributed by atoms with Crippen LogP contribution in [0.2, 0.25) is 0 Å². The zero-order chi connectivity index (χ0) is 6.91. The van der Waals surface area contributed by atoms with Crippen molar-refractivity contribution in [2.24, 2.45) is 5.92 Å². The molecule has 2 N–H and O–H groups in total. The molecule has 0 aromatic carbocycles. The van der Waals surface area contributed by atoms with Crippen molar-refractivity contribution in [1.29, 1.82) is 0 Å². The Morgan fingerprint density at radius 2 is 2.11 bits per heavy atom. The van der Waals surface area contributed by atoms with E-state index in [9.17, 15) is 5.21 Å². The van der Waals surface area contributed by atoms with E-state index in [2.05, 4.69) is 0 Å². The fourth-order valence-corrected chi connectivity index (χ4v) is 1.12. The predicted octanol–water partition coefficient (Wildman–Crippen LogP) is -0.298. The van der Waals surface area contributed by atoms with Gasteiger partial charge >= 0.3 is 0 Å². The highest BCUT2D eigenvalue weighted by atomic mass is 16.8. The lowest BCUT2D eigenvalue weighted by atomic mass is 9.99. The van der Waals surface area contributed by atoms with E-state index >= 15 is 0 Å². The second-order valence-corrected chi connectivity index (χ2v) is 2.59. The zero-order valence-electron chi connectivity index (χ0n) is 5.16. The summed E-state index contributed by atoms with van der Waals surface area (Å²) in [5.41, 5.74) is 0. The Morgan fingerprint density at radius 3 is 2.44 bits per heavy atom. The van der Waals surface area contributed by atoms with Crippen LogP contribution in [0, 0.1) is 11.1 Å². The Morgan fingerprint density at radius 1 is 1.56 bits per heavy atom. The molecule has 9 heavy (non-hydrogen) atoms. The first-order chi connectivity index (χ1) is 4.14. The largest absolute Gasteiger partial charge is 0.598 e. The number of nitrogens with zero attached hydrogens (tertiary/aromatic N) is 1. The average Bonchev–Trinajstić information content (AvgIpc) is 1.62. The number of quaternary nitrogens is 1. The molecule has 1 fully saturated rings. The summed E-state index contributed by atoms with van der Waals surface area (Å²) in [7, 11) is 0. The summed E-state index contributed by atoms with van der Waals surface area (Å²) in [6.07, 6.45) is 0.642. The smallest absolute Gasteiger partial charge is 0.117 e. The third kappa shape index (κ3) is 1.62.